The number of hydrogen-bond acceptors (Lipinski definition) is 5. The fourth-order valence-electron chi connectivity index (χ4n) is 1.64. The summed E-state index contributed by atoms with van der Waals surface area (Å²) in [4.78, 5) is 1.38. The molecule has 2 rings (SSSR count). The van der Waals surface area contributed by atoms with Gasteiger partial charge >= 0.3 is 0 Å². The van der Waals surface area contributed by atoms with E-state index < -0.39 is 6.10 Å². The van der Waals surface area contributed by atoms with Gasteiger partial charge in [-0.25, -0.2) is 0 Å². The van der Waals surface area contributed by atoms with Gasteiger partial charge in [0.1, 0.15) is 6.10 Å². The number of nitrogens with zero attached hydrogens (tertiary/aromatic N) is 4. The Morgan fingerprint density at radius 2 is 2.50 bits per heavy atom. The Morgan fingerprint density at radius 1 is 1.64 bits per heavy atom. The Hall–Kier alpha value is -0.620. The monoisotopic (exact) mass is 214 g/mol. The molecule has 1 aromatic rings. The maximum Gasteiger partial charge on any atom is 0.203 e. The Labute approximate surface area is 86.9 Å². The predicted octanol–water partition coefficient (Wildman–Crippen LogP) is 0.387. The lowest BCUT2D eigenvalue weighted by molar-refractivity contribution is 0.104. The molecule has 0 amide bonds. The summed E-state index contributed by atoms with van der Waals surface area (Å²) >= 11 is 1.89. The molecular formula is C8H14N4OS. The minimum absolute atomic E-state index is 0.290. The SMILES string of the molecule is Cn1nnc(C(O)C2CCCSC2)n1. The van der Waals surface area contributed by atoms with Crippen LogP contribution in [-0.2, 0) is 7.05 Å². The van der Waals surface area contributed by atoms with Crippen molar-refractivity contribution in [2.45, 2.75) is 18.9 Å². The molecule has 14 heavy (non-hydrogen) atoms. The fourth-order valence-corrected chi connectivity index (χ4v) is 2.83. The average molecular weight is 214 g/mol. The summed E-state index contributed by atoms with van der Waals surface area (Å²) in [5.41, 5.74) is 0. The molecule has 1 fully saturated rings. The van der Waals surface area contributed by atoms with Crippen molar-refractivity contribution in [2.24, 2.45) is 13.0 Å². The topological polar surface area (TPSA) is 63.8 Å². The lowest BCUT2D eigenvalue weighted by Crippen LogP contribution is -2.20. The molecule has 2 atom stereocenters. The molecule has 1 saturated heterocycles. The van der Waals surface area contributed by atoms with Crippen molar-refractivity contribution < 1.29 is 5.11 Å². The second kappa shape index (κ2) is 4.27. The number of hydrogen-bond donors (Lipinski definition) is 1. The third-order valence-corrected chi connectivity index (χ3v) is 3.67. The maximum absolute atomic E-state index is 9.97. The molecule has 6 heteroatoms. The number of rotatable bonds is 2. The molecule has 0 bridgehead atoms. The first-order chi connectivity index (χ1) is 6.77. The fraction of sp³-hybridized carbons (Fsp3) is 0.875. The summed E-state index contributed by atoms with van der Waals surface area (Å²) in [6, 6.07) is 0. The van der Waals surface area contributed by atoms with Crippen LogP contribution in [0.5, 0.6) is 0 Å². The van der Waals surface area contributed by atoms with E-state index in [1.54, 1.807) is 7.05 Å². The normalized spacial score (nSPS) is 24.9. The lowest BCUT2D eigenvalue weighted by Gasteiger charge is -2.23. The highest BCUT2D eigenvalue weighted by atomic mass is 32.2. The van der Waals surface area contributed by atoms with Crippen LogP contribution in [0.3, 0.4) is 0 Å². The third-order valence-electron chi connectivity index (χ3n) is 2.43. The highest BCUT2D eigenvalue weighted by molar-refractivity contribution is 7.99. The molecule has 1 aromatic heterocycles. The Balaban J connectivity index is 2.03. The van der Waals surface area contributed by atoms with Crippen LogP contribution >= 0.6 is 11.8 Å². The van der Waals surface area contributed by atoms with Crippen LogP contribution < -0.4 is 0 Å². The summed E-state index contributed by atoms with van der Waals surface area (Å²) < 4.78 is 0. The van der Waals surface area contributed by atoms with Gasteiger partial charge in [-0.1, -0.05) is 0 Å². The molecule has 0 saturated carbocycles. The highest BCUT2D eigenvalue weighted by Crippen LogP contribution is 2.31. The number of thioether (sulfide) groups is 1. The second-order valence-electron chi connectivity index (χ2n) is 3.56. The zero-order valence-corrected chi connectivity index (χ0v) is 8.94. The zero-order chi connectivity index (χ0) is 9.97. The lowest BCUT2D eigenvalue weighted by atomic mass is 9.98. The first-order valence-electron chi connectivity index (χ1n) is 4.77. The van der Waals surface area contributed by atoms with Gasteiger partial charge in [0.2, 0.25) is 5.82 Å². The van der Waals surface area contributed by atoms with E-state index in [0.29, 0.717) is 5.82 Å². The van der Waals surface area contributed by atoms with Crippen LogP contribution in [-0.4, -0.2) is 36.8 Å². The highest BCUT2D eigenvalue weighted by Gasteiger charge is 2.26. The molecule has 78 valence electrons. The van der Waals surface area contributed by atoms with Crippen LogP contribution in [0, 0.1) is 5.92 Å². The molecule has 5 nitrogen and oxygen atoms in total. The molecule has 0 radical (unpaired) electrons. The van der Waals surface area contributed by atoms with Crippen LogP contribution in [0.15, 0.2) is 0 Å². The van der Waals surface area contributed by atoms with Gasteiger partial charge in [0, 0.05) is 5.92 Å². The average Bonchev–Trinajstić information content (AvgIpc) is 2.65. The maximum atomic E-state index is 9.97. The molecular weight excluding hydrogens is 200 g/mol. The van der Waals surface area contributed by atoms with Crippen molar-refractivity contribution in [3.8, 4) is 0 Å². The smallest absolute Gasteiger partial charge is 0.203 e. The van der Waals surface area contributed by atoms with Gasteiger partial charge in [-0.2, -0.15) is 16.6 Å². The van der Waals surface area contributed by atoms with Gasteiger partial charge in [-0.15, -0.1) is 10.2 Å². The van der Waals surface area contributed by atoms with Crippen molar-refractivity contribution in [3.63, 3.8) is 0 Å². The molecule has 0 spiro atoms. The molecule has 1 aliphatic rings. The first-order valence-corrected chi connectivity index (χ1v) is 5.92. The molecule has 2 heterocycles. The first kappa shape index (κ1) is 9.92. The Bertz CT molecular complexity index is 297. The van der Waals surface area contributed by atoms with E-state index in [9.17, 15) is 5.11 Å². The van der Waals surface area contributed by atoms with E-state index in [1.165, 1.54) is 17.0 Å². The molecule has 0 aliphatic carbocycles. The van der Waals surface area contributed by atoms with Gasteiger partial charge in [-0.05, 0) is 29.6 Å². The van der Waals surface area contributed by atoms with Gasteiger partial charge in [-0.3, -0.25) is 0 Å². The molecule has 2 unspecified atom stereocenters. The summed E-state index contributed by atoms with van der Waals surface area (Å²) in [5, 5.41) is 21.5. The van der Waals surface area contributed by atoms with Crippen LogP contribution in [0.4, 0.5) is 0 Å². The van der Waals surface area contributed by atoms with Crippen molar-refractivity contribution >= 4 is 11.8 Å². The van der Waals surface area contributed by atoms with E-state index in [-0.39, 0.29) is 5.92 Å². The van der Waals surface area contributed by atoms with E-state index >= 15 is 0 Å². The Kier molecular flexibility index (Phi) is 3.02. The second-order valence-corrected chi connectivity index (χ2v) is 4.71. The number of aliphatic hydroxyl groups is 1. The quantitative estimate of drug-likeness (QED) is 0.771. The van der Waals surface area contributed by atoms with Gasteiger partial charge < -0.3 is 5.11 Å². The van der Waals surface area contributed by atoms with Crippen molar-refractivity contribution in [3.05, 3.63) is 5.82 Å². The van der Waals surface area contributed by atoms with Gasteiger partial charge in [0.25, 0.3) is 0 Å². The van der Waals surface area contributed by atoms with E-state index in [4.69, 9.17) is 0 Å². The van der Waals surface area contributed by atoms with Crippen LogP contribution in [0.25, 0.3) is 0 Å². The number of aromatic nitrogens is 4. The minimum Gasteiger partial charge on any atom is -0.385 e. The summed E-state index contributed by atoms with van der Waals surface area (Å²) in [5.74, 6) is 2.95. The minimum atomic E-state index is -0.545. The van der Waals surface area contributed by atoms with Crippen molar-refractivity contribution in [1.29, 1.82) is 0 Å². The summed E-state index contributed by atoms with van der Waals surface area (Å²) in [7, 11) is 1.71. The molecule has 1 aliphatic heterocycles. The van der Waals surface area contributed by atoms with Gasteiger partial charge in [0.05, 0.1) is 7.05 Å². The largest absolute Gasteiger partial charge is 0.385 e. The van der Waals surface area contributed by atoms with Crippen molar-refractivity contribution in [1.82, 2.24) is 20.2 Å². The molecule has 0 aromatic carbocycles. The van der Waals surface area contributed by atoms with E-state index in [1.807, 2.05) is 11.8 Å². The third kappa shape index (κ3) is 2.06. The standard InChI is InChI=1S/C8H14N4OS/c1-12-10-8(9-11-12)7(13)6-3-2-4-14-5-6/h6-7,13H,2-5H2,1H3. The van der Waals surface area contributed by atoms with E-state index in [0.717, 1.165) is 12.2 Å². The van der Waals surface area contributed by atoms with Crippen molar-refractivity contribution in [2.75, 3.05) is 11.5 Å². The summed E-state index contributed by atoms with van der Waals surface area (Å²) in [6.45, 7) is 0. The van der Waals surface area contributed by atoms with Crippen LogP contribution in [0.2, 0.25) is 0 Å². The zero-order valence-electron chi connectivity index (χ0n) is 8.13. The number of aryl methyl sites for hydroxylation is 1. The Morgan fingerprint density at radius 3 is 3.07 bits per heavy atom. The molecule has 1 N–H and O–H groups in total. The van der Waals surface area contributed by atoms with E-state index in [2.05, 4.69) is 15.4 Å². The van der Waals surface area contributed by atoms with Gasteiger partial charge in [0.15, 0.2) is 0 Å². The number of tetrazole rings is 1. The van der Waals surface area contributed by atoms with Crippen LogP contribution in [0.1, 0.15) is 24.8 Å². The summed E-state index contributed by atoms with van der Waals surface area (Å²) in [6.07, 6.45) is 1.69. The predicted molar refractivity (Wildman–Crippen MR) is 53.8 cm³/mol. The number of aliphatic hydroxyl groups excluding tert-OH is 1.